The van der Waals surface area contributed by atoms with Crippen molar-refractivity contribution in [3.8, 4) is 33.6 Å². The number of aromatic amines is 2. The number of nitrogens with zero attached hydrogens (tertiary/aromatic N) is 3. The third-order valence-electron chi connectivity index (χ3n) is 10.7. The molecule has 2 atom stereocenters. The van der Waals surface area contributed by atoms with Gasteiger partial charge in [0.1, 0.15) is 11.6 Å². The lowest BCUT2D eigenvalue weighted by molar-refractivity contribution is 0.318. The average molecular weight is 570 g/mol. The van der Waals surface area contributed by atoms with Gasteiger partial charge in [-0.1, -0.05) is 49.2 Å². The predicted molar refractivity (Wildman–Crippen MR) is 171 cm³/mol. The van der Waals surface area contributed by atoms with E-state index in [1.165, 1.54) is 78.3 Å². The number of imidazole rings is 2. The summed E-state index contributed by atoms with van der Waals surface area (Å²) in [5, 5.41) is 7.10. The van der Waals surface area contributed by atoms with Crippen LogP contribution in [0.5, 0.6) is 0 Å². The van der Waals surface area contributed by atoms with Gasteiger partial charge in [0.2, 0.25) is 0 Å². The van der Waals surface area contributed by atoms with Crippen LogP contribution < -0.4 is 10.6 Å². The lowest BCUT2D eigenvalue weighted by Gasteiger charge is -2.22. The second-order valence-corrected chi connectivity index (χ2v) is 13.4. The van der Waals surface area contributed by atoms with Gasteiger partial charge in [-0.2, -0.15) is 0 Å². The van der Waals surface area contributed by atoms with Crippen LogP contribution in [-0.4, -0.2) is 38.0 Å². The summed E-state index contributed by atoms with van der Waals surface area (Å²) in [4.78, 5) is 21.8. The topological polar surface area (TPSA) is 94.3 Å². The van der Waals surface area contributed by atoms with Gasteiger partial charge < -0.3 is 20.6 Å². The number of rotatable bonds is 5. The number of pyridine rings is 1. The van der Waals surface area contributed by atoms with Crippen LogP contribution in [0, 0.1) is 5.41 Å². The Morgan fingerprint density at radius 1 is 0.651 bits per heavy atom. The van der Waals surface area contributed by atoms with Crippen molar-refractivity contribution in [3.05, 3.63) is 77.5 Å². The van der Waals surface area contributed by atoms with Crippen molar-refractivity contribution in [2.45, 2.75) is 76.3 Å². The normalized spacial score (nSPS) is 22.7. The maximum absolute atomic E-state index is 5.12. The summed E-state index contributed by atoms with van der Waals surface area (Å²) in [7, 11) is 0. The van der Waals surface area contributed by atoms with Crippen LogP contribution in [-0.2, 0) is 12.8 Å². The third kappa shape index (κ3) is 4.44. The molecule has 2 saturated heterocycles. The lowest BCUT2D eigenvalue weighted by Crippen LogP contribution is -2.15. The SMILES string of the molecule is c1cc(-c2ccc(-c3ccc4[nH]c([C@@H]5CCCN5)nc4n3)c3c2CC2(CCCC2)C3)ccc1-c1cnc([C@@H]2CCCN2)[nH]1. The van der Waals surface area contributed by atoms with Gasteiger partial charge in [0.25, 0.3) is 0 Å². The quantitative estimate of drug-likeness (QED) is 0.180. The minimum Gasteiger partial charge on any atom is -0.341 e. The molecule has 5 heterocycles. The standard InChI is InChI=1S/C36H39N7/c1-2-16-36(15-1)19-26-24(22-7-9-23(10-8-22)32-21-39-33(42-32)29-5-3-17-37-29)11-12-25(27(26)20-36)28-13-14-31-35(40-28)43-34(41-31)30-6-4-18-38-30/h7-14,21,29-30,37-38H,1-6,15-20H2,(H,39,42)(H,40,41,43)/t29-,30-/m0/s1. The Kier molecular flexibility index (Phi) is 6.05. The molecule has 2 aromatic carbocycles. The number of aromatic nitrogens is 5. The molecule has 43 heavy (non-hydrogen) atoms. The number of nitrogens with one attached hydrogen (secondary N) is 4. The first kappa shape index (κ1) is 25.7. The highest BCUT2D eigenvalue weighted by molar-refractivity contribution is 5.81. The number of fused-ring (bicyclic) bond motifs is 2. The number of hydrogen-bond donors (Lipinski definition) is 4. The monoisotopic (exact) mass is 569 g/mol. The van der Waals surface area contributed by atoms with Gasteiger partial charge in [0.15, 0.2) is 5.65 Å². The Bertz CT molecular complexity index is 1800. The van der Waals surface area contributed by atoms with E-state index in [1.54, 1.807) is 0 Å². The van der Waals surface area contributed by atoms with Crippen molar-refractivity contribution >= 4 is 11.2 Å². The van der Waals surface area contributed by atoms with Crippen molar-refractivity contribution in [2.75, 3.05) is 13.1 Å². The highest BCUT2D eigenvalue weighted by Gasteiger charge is 2.41. The minimum absolute atomic E-state index is 0.314. The van der Waals surface area contributed by atoms with Crippen LogP contribution in [0.1, 0.15) is 86.2 Å². The van der Waals surface area contributed by atoms with E-state index in [-0.39, 0.29) is 0 Å². The highest BCUT2D eigenvalue weighted by atomic mass is 15.1. The van der Waals surface area contributed by atoms with E-state index in [2.05, 4.69) is 74.1 Å². The molecule has 0 unspecified atom stereocenters. The van der Waals surface area contributed by atoms with E-state index in [4.69, 9.17) is 9.97 Å². The predicted octanol–water partition coefficient (Wildman–Crippen LogP) is 7.19. The zero-order valence-corrected chi connectivity index (χ0v) is 24.7. The van der Waals surface area contributed by atoms with Gasteiger partial charge in [0, 0.05) is 5.56 Å². The first-order chi connectivity index (χ1) is 21.2. The molecule has 4 aliphatic rings. The third-order valence-corrected chi connectivity index (χ3v) is 10.7. The summed E-state index contributed by atoms with van der Waals surface area (Å²) in [5.74, 6) is 2.08. The van der Waals surface area contributed by atoms with E-state index < -0.39 is 0 Å². The first-order valence-corrected chi connectivity index (χ1v) is 16.4. The molecule has 7 nitrogen and oxygen atoms in total. The fourth-order valence-corrected chi connectivity index (χ4v) is 8.45. The van der Waals surface area contributed by atoms with Crippen LogP contribution in [0.15, 0.2) is 54.7 Å². The Hall–Kier alpha value is -3.81. The van der Waals surface area contributed by atoms with E-state index in [0.717, 1.165) is 66.6 Å². The lowest BCUT2D eigenvalue weighted by atomic mass is 9.82. The molecule has 3 aromatic heterocycles. The molecule has 5 aromatic rings. The number of hydrogen-bond acceptors (Lipinski definition) is 5. The van der Waals surface area contributed by atoms with Crippen molar-refractivity contribution < 1.29 is 0 Å². The van der Waals surface area contributed by atoms with Crippen LogP contribution in [0.2, 0.25) is 0 Å². The van der Waals surface area contributed by atoms with Crippen molar-refractivity contribution in [1.29, 1.82) is 0 Å². The molecule has 0 amide bonds. The number of benzene rings is 2. The van der Waals surface area contributed by atoms with Gasteiger partial charge in [-0.3, -0.25) is 0 Å². The second kappa shape index (κ2) is 10.1. The van der Waals surface area contributed by atoms with Crippen LogP contribution in [0.25, 0.3) is 44.8 Å². The highest BCUT2D eigenvalue weighted by Crippen LogP contribution is 2.53. The summed E-state index contributed by atoms with van der Waals surface area (Å²) in [6.07, 6.45) is 14.4. The van der Waals surface area contributed by atoms with Gasteiger partial charge in [-0.25, -0.2) is 15.0 Å². The van der Waals surface area contributed by atoms with Gasteiger partial charge in [-0.05, 0) is 110 Å². The average Bonchev–Trinajstić information content (AvgIpc) is 3.88. The zero-order valence-electron chi connectivity index (χ0n) is 24.7. The maximum Gasteiger partial charge on any atom is 0.178 e. The summed E-state index contributed by atoms with van der Waals surface area (Å²) >= 11 is 0. The fraction of sp³-hybridized carbons (Fsp3) is 0.417. The molecule has 7 heteroatoms. The van der Waals surface area contributed by atoms with Crippen molar-refractivity contribution in [1.82, 2.24) is 35.6 Å². The van der Waals surface area contributed by atoms with Crippen LogP contribution >= 0.6 is 0 Å². The molecule has 218 valence electrons. The Balaban J connectivity index is 1.07. The van der Waals surface area contributed by atoms with Crippen molar-refractivity contribution in [3.63, 3.8) is 0 Å². The Morgan fingerprint density at radius 3 is 2.09 bits per heavy atom. The molecule has 1 spiro atoms. The van der Waals surface area contributed by atoms with Gasteiger partial charge in [-0.15, -0.1) is 0 Å². The van der Waals surface area contributed by atoms with Gasteiger partial charge in [0.05, 0.1) is 35.2 Å². The molecule has 2 aliphatic carbocycles. The zero-order chi connectivity index (χ0) is 28.4. The number of H-pyrrole nitrogens is 2. The fourth-order valence-electron chi connectivity index (χ4n) is 8.45. The molecule has 9 rings (SSSR count). The molecule has 3 fully saturated rings. The van der Waals surface area contributed by atoms with Crippen molar-refractivity contribution in [2.24, 2.45) is 5.41 Å². The molecular weight excluding hydrogens is 530 g/mol. The second-order valence-electron chi connectivity index (χ2n) is 13.4. The van der Waals surface area contributed by atoms with Gasteiger partial charge >= 0.3 is 0 Å². The summed E-state index contributed by atoms with van der Waals surface area (Å²) in [5.41, 5.74) is 12.6. The Morgan fingerprint density at radius 2 is 1.35 bits per heavy atom. The smallest absolute Gasteiger partial charge is 0.178 e. The van der Waals surface area contributed by atoms with E-state index >= 15 is 0 Å². The van der Waals surface area contributed by atoms with Crippen LogP contribution in [0.4, 0.5) is 0 Å². The summed E-state index contributed by atoms with van der Waals surface area (Å²) in [6.45, 7) is 2.14. The minimum atomic E-state index is 0.314. The molecule has 4 N–H and O–H groups in total. The molecule has 2 aliphatic heterocycles. The molecule has 0 radical (unpaired) electrons. The summed E-state index contributed by atoms with van der Waals surface area (Å²) in [6, 6.07) is 18.8. The van der Waals surface area contributed by atoms with E-state index in [0.29, 0.717) is 17.5 Å². The Labute approximate surface area is 252 Å². The summed E-state index contributed by atoms with van der Waals surface area (Å²) < 4.78 is 0. The molecule has 1 saturated carbocycles. The van der Waals surface area contributed by atoms with Crippen LogP contribution in [0.3, 0.4) is 0 Å². The molecular formula is C36H39N7. The van der Waals surface area contributed by atoms with E-state index in [1.807, 2.05) is 6.20 Å². The first-order valence-electron chi connectivity index (χ1n) is 16.4. The molecule has 0 bridgehead atoms. The van der Waals surface area contributed by atoms with E-state index in [9.17, 15) is 0 Å². The largest absolute Gasteiger partial charge is 0.341 e. The maximum atomic E-state index is 5.12.